The Labute approximate surface area is 472 Å². The number of carbonyl (C=O) groups is 3. The fraction of sp³-hybridized carbons (Fsp3) is 0.458. The molecule has 0 spiro atoms. The number of hydrogen-bond donors (Lipinski definition) is 6. The maximum atomic E-state index is 14.0. The van der Waals surface area contributed by atoms with Crippen molar-refractivity contribution in [2.75, 3.05) is 104 Å². The molecule has 0 aliphatic carbocycles. The van der Waals surface area contributed by atoms with Crippen LogP contribution in [-0.4, -0.2) is 137 Å². The topological polar surface area (TPSA) is 294 Å². The number of ether oxygens (including phenoxy) is 5. The van der Waals surface area contributed by atoms with Crippen LogP contribution in [0.5, 0.6) is 11.5 Å². The van der Waals surface area contributed by atoms with Gasteiger partial charge in [0.15, 0.2) is 16.8 Å². The van der Waals surface area contributed by atoms with E-state index in [9.17, 15) is 34.0 Å². The Hall–Kier alpha value is -6.62. The van der Waals surface area contributed by atoms with Crippen molar-refractivity contribution in [2.24, 2.45) is 17.5 Å². The number of rotatable bonds is 38. The molecule has 0 fully saturated rings. The summed E-state index contributed by atoms with van der Waals surface area (Å²) in [6, 6.07) is 25.4. The van der Waals surface area contributed by atoms with Crippen LogP contribution < -0.4 is 27.2 Å². The molecule has 2 unspecified atom stereocenters. The fourth-order valence-corrected chi connectivity index (χ4v) is 9.58. The van der Waals surface area contributed by atoms with E-state index in [-0.39, 0.29) is 91.4 Å². The number of aromatic hydroxyl groups is 2. The summed E-state index contributed by atoms with van der Waals surface area (Å²) >= 11 is 0. The number of nitrogens with one attached hydrogen (secondary N) is 1. The minimum Gasteiger partial charge on any atom is -0.504 e. The van der Waals surface area contributed by atoms with Crippen molar-refractivity contribution in [3.05, 3.63) is 123 Å². The van der Waals surface area contributed by atoms with Crippen molar-refractivity contribution in [1.82, 2.24) is 10.3 Å². The van der Waals surface area contributed by atoms with E-state index in [1.165, 1.54) is 18.2 Å². The van der Waals surface area contributed by atoms with Gasteiger partial charge in [0.25, 0.3) is 5.91 Å². The van der Waals surface area contributed by atoms with Crippen molar-refractivity contribution in [3.8, 4) is 22.8 Å². The predicted octanol–water partition coefficient (Wildman–Crippen LogP) is 7.59. The first-order chi connectivity index (χ1) is 39.4. The first-order valence-electron chi connectivity index (χ1n) is 27.5. The highest BCUT2D eigenvalue weighted by Crippen LogP contribution is 2.38. The number of hydrogen-bond acceptors (Lipinski definition) is 19. The Morgan fingerprint density at radius 2 is 1.36 bits per heavy atom. The minimum absolute atomic E-state index is 0.0118. The summed E-state index contributed by atoms with van der Waals surface area (Å²) in [4.78, 5) is 54.0. The van der Waals surface area contributed by atoms with Crippen molar-refractivity contribution in [1.29, 1.82) is 0 Å². The number of aliphatic hydroxyl groups is 1. The Bertz CT molecular complexity index is 2900. The van der Waals surface area contributed by atoms with E-state index in [4.69, 9.17) is 53.8 Å². The van der Waals surface area contributed by atoms with Gasteiger partial charge in [0, 0.05) is 58.7 Å². The number of ketones is 1. The molecule has 0 radical (unpaired) electrons. The molecule has 1 aliphatic rings. The third-order valence-corrected chi connectivity index (χ3v) is 14.0. The molecule has 81 heavy (non-hydrogen) atoms. The van der Waals surface area contributed by atoms with Crippen LogP contribution >= 0.6 is 8.25 Å². The van der Waals surface area contributed by atoms with Crippen LogP contribution in [0.1, 0.15) is 91.8 Å². The van der Waals surface area contributed by atoms with E-state index in [1.807, 2.05) is 48.5 Å². The third-order valence-electron chi connectivity index (χ3n) is 13.2. The summed E-state index contributed by atoms with van der Waals surface area (Å²) in [5.41, 5.74) is 11.3. The molecule has 2 heterocycles. The number of nitrogens with zero attached hydrogens (tertiary/aromatic N) is 2. The second-order valence-corrected chi connectivity index (χ2v) is 20.3. The van der Waals surface area contributed by atoms with E-state index in [2.05, 4.69) is 12.2 Å². The zero-order valence-electron chi connectivity index (χ0n) is 46.1. The van der Waals surface area contributed by atoms with E-state index in [1.54, 1.807) is 34.2 Å². The molecule has 438 valence electrons. The van der Waals surface area contributed by atoms with Gasteiger partial charge < -0.3 is 64.4 Å². The van der Waals surface area contributed by atoms with E-state index in [0.717, 1.165) is 49.7 Å². The van der Waals surface area contributed by atoms with Gasteiger partial charge in [-0.3, -0.25) is 19.2 Å². The number of carbonyl (C=O) groups excluding carboxylic acids is 3. The second-order valence-electron chi connectivity index (χ2n) is 19.3. The van der Waals surface area contributed by atoms with Crippen molar-refractivity contribution in [2.45, 2.75) is 71.3 Å². The number of nitrogens with two attached hydrogens (primary N) is 2. The number of amides is 2. The van der Waals surface area contributed by atoms with Gasteiger partial charge in [-0.25, -0.2) is 5.84 Å². The number of fused-ring (bicyclic) bond motifs is 3. The van der Waals surface area contributed by atoms with Crippen molar-refractivity contribution < 1.29 is 71.4 Å². The first kappa shape index (κ1) is 63.6. The summed E-state index contributed by atoms with van der Waals surface area (Å²) in [6.45, 7) is 6.52. The largest absolute Gasteiger partial charge is 0.697 e. The first-order valence-corrected chi connectivity index (χ1v) is 28.6. The third kappa shape index (κ3) is 20.4. The molecule has 0 bridgehead atoms. The van der Waals surface area contributed by atoms with Gasteiger partial charge in [0.2, 0.25) is 11.7 Å². The molecular formula is C59H77N5O16P+. The molecule has 2 amide bonds. The van der Waals surface area contributed by atoms with Gasteiger partial charge in [0.1, 0.15) is 24.8 Å². The van der Waals surface area contributed by atoms with E-state index >= 15 is 0 Å². The monoisotopic (exact) mass is 1140 g/mol. The Kier molecular flexibility index (Phi) is 27.2. The zero-order valence-corrected chi connectivity index (χ0v) is 47.0. The lowest BCUT2D eigenvalue weighted by Gasteiger charge is -2.33. The normalized spacial score (nSPS) is 13.8. The van der Waals surface area contributed by atoms with Gasteiger partial charge in [-0.05, 0) is 48.2 Å². The lowest BCUT2D eigenvalue weighted by Crippen LogP contribution is -2.37. The second kappa shape index (κ2) is 34.6. The van der Waals surface area contributed by atoms with Gasteiger partial charge in [-0.1, -0.05) is 93.6 Å². The number of hydrazine groups is 1. The van der Waals surface area contributed by atoms with Gasteiger partial charge in [-0.2, -0.15) is 0 Å². The van der Waals surface area contributed by atoms with Crippen LogP contribution in [0.4, 0.5) is 5.69 Å². The molecule has 1 aromatic heterocycles. The molecule has 5 aromatic rings. The summed E-state index contributed by atoms with van der Waals surface area (Å²) in [7, 11) is -2.19. The average molecular weight is 1140 g/mol. The highest BCUT2D eigenvalue weighted by Gasteiger charge is 2.28. The number of aliphatic hydroxyl groups excluding tert-OH is 1. The summed E-state index contributed by atoms with van der Waals surface area (Å²) in [6.07, 6.45) is 6.27. The van der Waals surface area contributed by atoms with Gasteiger partial charge >= 0.3 is 8.25 Å². The molecule has 6 rings (SSSR count). The fourth-order valence-electron chi connectivity index (χ4n) is 8.99. The maximum Gasteiger partial charge on any atom is 0.697 e. The number of Topliss-reactive ketones (excluding diaryl/α,β-unsaturated/α-hetero) is 1. The lowest BCUT2D eigenvalue weighted by molar-refractivity contribution is -0.124. The SMILES string of the molecule is CC(CCCCCCCO[P+](=O)OCCO)CC(=O)CCC(=O)N1Cc2ccccc2/C(N(N)CCOCCOCCOCCOCCOCCNC(=O)c2ccc(-c3cc(=O)c4ccc(O)c(O)c4o3)cc2)=C(/N)c2ccccc21. The van der Waals surface area contributed by atoms with Crippen LogP contribution in [0.25, 0.3) is 33.7 Å². The Morgan fingerprint density at radius 3 is 2.06 bits per heavy atom. The molecule has 0 saturated carbocycles. The Morgan fingerprint density at radius 1 is 0.741 bits per heavy atom. The molecular weight excluding hydrogens is 1070 g/mol. The molecule has 2 atom stereocenters. The molecule has 21 nitrogen and oxygen atoms in total. The molecule has 1 aliphatic heterocycles. The molecule has 0 saturated heterocycles. The van der Waals surface area contributed by atoms with E-state index < -0.39 is 19.8 Å². The molecule has 22 heteroatoms. The number of phenols is 2. The predicted molar refractivity (Wildman–Crippen MR) is 306 cm³/mol. The van der Waals surface area contributed by atoms with Crippen LogP contribution in [0.2, 0.25) is 0 Å². The highest BCUT2D eigenvalue weighted by atomic mass is 31.1. The summed E-state index contributed by atoms with van der Waals surface area (Å²) < 4.78 is 55.4. The van der Waals surface area contributed by atoms with Gasteiger partial charge in [0.05, 0.1) is 108 Å². The standard InChI is InChI=1S/C59H76N5O16P/c1-42(11-5-3-2-4-10-27-78-81(72)79-30-26-65)39-46(66)20-23-54(69)63-41-45-12-6-7-13-47(45)56(55(60)48-14-8-9-15-50(48)63)64(61)25-29-74-32-34-76-36-38-77-37-35-75-33-31-73-28-24-62-59(71)44-18-16-43(17-19-44)53-40-52(68)49-21-22-51(67)57(70)58(49)80-53/h6-9,12-19,21-22,40,42,65H,2-5,10-11,20,23-39,41,60-61H2,1H3,(H2-,62,67,68,70,71)/p+1/b56-55-. The zero-order chi connectivity index (χ0) is 57.8. The number of unbranched alkanes of at least 4 members (excludes halogenated alkanes) is 4. The Balaban J connectivity index is 0.802. The number of benzene rings is 4. The summed E-state index contributed by atoms with van der Waals surface area (Å²) in [5, 5.41) is 33.2. The van der Waals surface area contributed by atoms with E-state index in [0.29, 0.717) is 113 Å². The maximum absolute atomic E-state index is 14.0. The van der Waals surface area contributed by atoms with Gasteiger partial charge in [-0.15, -0.1) is 9.05 Å². The highest BCUT2D eigenvalue weighted by molar-refractivity contribution is 7.33. The lowest BCUT2D eigenvalue weighted by atomic mass is 9.94. The molecule has 4 aromatic carbocycles. The summed E-state index contributed by atoms with van der Waals surface area (Å²) in [5.74, 6) is 5.77. The van der Waals surface area contributed by atoms with Crippen LogP contribution in [0.3, 0.4) is 0 Å². The number of phenolic OH excluding ortho intramolecular Hbond substituents is 2. The van der Waals surface area contributed by atoms with Crippen molar-refractivity contribution in [3.63, 3.8) is 0 Å². The van der Waals surface area contributed by atoms with Crippen LogP contribution in [0.15, 0.2) is 100 Å². The quantitative estimate of drug-likeness (QED) is 0.00729. The van der Waals surface area contributed by atoms with Crippen LogP contribution in [-0.2, 0) is 53.4 Å². The average Bonchev–Trinajstić information content (AvgIpc) is 3.58. The van der Waals surface area contributed by atoms with Crippen LogP contribution in [0, 0.1) is 5.92 Å². The number of anilines is 1. The minimum atomic E-state index is -2.19. The number of para-hydroxylation sites is 1. The molecule has 8 N–H and O–H groups in total. The van der Waals surface area contributed by atoms with Crippen molar-refractivity contribution >= 4 is 53.9 Å². The smallest absolute Gasteiger partial charge is 0.504 e.